The maximum Gasteiger partial charge on any atom is 0.196 e. The van der Waals surface area contributed by atoms with Crippen LogP contribution in [0.15, 0.2) is 59.3 Å². The fourth-order valence-corrected chi connectivity index (χ4v) is 2.53. The number of nitriles is 1. The number of hydrogen-bond donors (Lipinski definition) is 1. The predicted molar refractivity (Wildman–Crippen MR) is 87.8 cm³/mol. The molecule has 0 saturated carbocycles. The van der Waals surface area contributed by atoms with E-state index in [1.807, 2.05) is 36.4 Å². The Morgan fingerprint density at radius 3 is 2.70 bits per heavy atom. The van der Waals surface area contributed by atoms with Crippen molar-refractivity contribution in [2.45, 2.75) is 6.54 Å². The summed E-state index contributed by atoms with van der Waals surface area (Å²) in [6.07, 6.45) is 1.53. The molecule has 4 aromatic rings. The van der Waals surface area contributed by atoms with Crippen LogP contribution in [0.3, 0.4) is 0 Å². The van der Waals surface area contributed by atoms with Gasteiger partial charge in [0.25, 0.3) is 0 Å². The number of furan rings is 1. The van der Waals surface area contributed by atoms with E-state index in [2.05, 4.69) is 21.4 Å². The summed E-state index contributed by atoms with van der Waals surface area (Å²) in [5, 5.41) is 13.1. The van der Waals surface area contributed by atoms with Gasteiger partial charge in [-0.15, -0.1) is 0 Å². The van der Waals surface area contributed by atoms with E-state index < -0.39 is 0 Å². The zero-order valence-electron chi connectivity index (χ0n) is 12.2. The van der Waals surface area contributed by atoms with Crippen LogP contribution in [0.4, 0.5) is 5.82 Å². The lowest BCUT2D eigenvalue weighted by Crippen LogP contribution is -2.02. The lowest BCUT2D eigenvalue weighted by atomic mass is 10.1. The Morgan fingerprint density at radius 2 is 1.87 bits per heavy atom. The Hall–Kier alpha value is -3.39. The van der Waals surface area contributed by atoms with Crippen LogP contribution in [0.1, 0.15) is 11.1 Å². The number of benzene rings is 2. The van der Waals surface area contributed by atoms with Crippen molar-refractivity contribution in [1.29, 1.82) is 5.26 Å². The van der Waals surface area contributed by atoms with E-state index in [9.17, 15) is 0 Å². The van der Waals surface area contributed by atoms with Crippen molar-refractivity contribution >= 4 is 27.9 Å². The molecule has 0 aliphatic carbocycles. The Kier molecular flexibility index (Phi) is 3.13. The van der Waals surface area contributed by atoms with Gasteiger partial charge >= 0.3 is 0 Å². The fourth-order valence-electron chi connectivity index (χ4n) is 2.53. The van der Waals surface area contributed by atoms with Crippen molar-refractivity contribution in [3.63, 3.8) is 0 Å². The smallest absolute Gasteiger partial charge is 0.196 e. The van der Waals surface area contributed by atoms with Gasteiger partial charge in [0.1, 0.15) is 17.4 Å². The van der Waals surface area contributed by atoms with Crippen molar-refractivity contribution in [2.24, 2.45) is 0 Å². The van der Waals surface area contributed by atoms with E-state index >= 15 is 0 Å². The summed E-state index contributed by atoms with van der Waals surface area (Å²) in [6.45, 7) is 0.592. The van der Waals surface area contributed by atoms with Crippen LogP contribution >= 0.6 is 0 Å². The van der Waals surface area contributed by atoms with E-state index in [1.165, 1.54) is 6.33 Å². The lowest BCUT2D eigenvalue weighted by molar-refractivity contribution is 0.666. The number of fused-ring (bicyclic) bond motifs is 3. The minimum absolute atomic E-state index is 0.592. The first-order valence-corrected chi connectivity index (χ1v) is 7.20. The van der Waals surface area contributed by atoms with Gasteiger partial charge in [0, 0.05) is 11.9 Å². The Labute approximate surface area is 132 Å². The molecule has 0 aliphatic rings. The number of anilines is 1. The topological polar surface area (TPSA) is 74.7 Å². The summed E-state index contributed by atoms with van der Waals surface area (Å²) in [7, 11) is 0. The quantitative estimate of drug-likeness (QED) is 0.622. The van der Waals surface area contributed by atoms with Crippen molar-refractivity contribution in [3.05, 3.63) is 66.0 Å². The average molecular weight is 300 g/mol. The summed E-state index contributed by atoms with van der Waals surface area (Å²) >= 11 is 0. The third kappa shape index (κ3) is 2.36. The van der Waals surface area contributed by atoms with Crippen LogP contribution in [0.5, 0.6) is 0 Å². The minimum Gasteiger partial charge on any atom is -0.450 e. The summed E-state index contributed by atoms with van der Waals surface area (Å²) in [5.74, 6) is 0.663. The zero-order chi connectivity index (χ0) is 15.6. The number of nitrogens with one attached hydrogen (secondary N) is 1. The van der Waals surface area contributed by atoms with Gasteiger partial charge < -0.3 is 9.73 Å². The standard InChI is InChI=1S/C18H12N4O/c19-9-12-5-7-13(8-6-12)10-20-18-17-16(21-11-22-18)14-3-1-2-4-15(14)23-17/h1-8,11H,10H2,(H,20,21,22). The van der Waals surface area contributed by atoms with Crippen LogP contribution in [0, 0.1) is 11.3 Å². The molecule has 2 aromatic carbocycles. The molecule has 0 unspecified atom stereocenters. The number of para-hydroxylation sites is 1. The highest BCUT2D eigenvalue weighted by Crippen LogP contribution is 2.30. The van der Waals surface area contributed by atoms with Gasteiger partial charge in [0.05, 0.1) is 11.6 Å². The zero-order valence-corrected chi connectivity index (χ0v) is 12.2. The lowest BCUT2D eigenvalue weighted by Gasteiger charge is -2.05. The molecule has 0 atom stereocenters. The highest BCUT2D eigenvalue weighted by Gasteiger charge is 2.12. The third-order valence-electron chi connectivity index (χ3n) is 3.70. The van der Waals surface area contributed by atoms with Gasteiger partial charge in [0.15, 0.2) is 11.4 Å². The van der Waals surface area contributed by atoms with Crippen molar-refractivity contribution in [2.75, 3.05) is 5.32 Å². The van der Waals surface area contributed by atoms with Gasteiger partial charge in [-0.05, 0) is 29.8 Å². The number of hydrogen-bond acceptors (Lipinski definition) is 5. The fraction of sp³-hybridized carbons (Fsp3) is 0.0556. The van der Waals surface area contributed by atoms with Crippen LogP contribution in [-0.4, -0.2) is 9.97 Å². The molecule has 23 heavy (non-hydrogen) atoms. The first-order valence-electron chi connectivity index (χ1n) is 7.20. The second kappa shape index (κ2) is 5.43. The molecule has 0 amide bonds. The minimum atomic E-state index is 0.592. The van der Waals surface area contributed by atoms with Crippen molar-refractivity contribution < 1.29 is 4.42 Å². The van der Waals surface area contributed by atoms with Gasteiger partial charge in [-0.25, -0.2) is 9.97 Å². The molecule has 0 saturated heterocycles. The second-order valence-electron chi connectivity index (χ2n) is 5.16. The normalized spacial score (nSPS) is 10.7. The number of rotatable bonds is 3. The maximum absolute atomic E-state index is 8.83. The van der Waals surface area contributed by atoms with E-state index in [0.29, 0.717) is 23.5 Å². The van der Waals surface area contributed by atoms with E-state index in [-0.39, 0.29) is 0 Å². The molecule has 4 rings (SSSR count). The molecule has 2 heterocycles. The Bertz CT molecular complexity index is 1030. The molecule has 0 spiro atoms. The number of nitrogens with zero attached hydrogens (tertiary/aromatic N) is 3. The molecule has 0 aliphatic heterocycles. The van der Waals surface area contributed by atoms with Crippen LogP contribution in [-0.2, 0) is 6.54 Å². The third-order valence-corrected chi connectivity index (χ3v) is 3.70. The number of aromatic nitrogens is 2. The highest BCUT2D eigenvalue weighted by molar-refractivity contribution is 6.05. The first-order chi connectivity index (χ1) is 11.3. The van der Waals surface area contributed by atoms with E-state index in [4.69, 9.17) is 9.68 Å². The average Bonchev–Trinajstić information content (AvgIpc) is 3.00. The maximum atomic E-state index is 8.83. The molecular weight excluding hydrogens is 288 g/mol. The van der Waals surface area contributed by atoms with E-state index in [1.54, 1.807) is 12.1 Å². The predicted octanol–water partition coefficient (Wildman–Crippen LogP) is 3.86. The summed E-state index contributed by atoms with van der Waals surface area (Å²) in [5.41, 5.74) is 3.96. The highest BCUT2D eigenvalue weighted by atomic mass is 16.3. The monoisotopic (exact) mass is 300 g/mol. The molecule has 1 N–H and O–H groups in total. The summed E-state index contributed by atoms with van der Waals surface area (Å²) < 4.78 is 5.88. The molecule has 0 radical (unpaired) electrons. The van der Waals surface area contributed by atoms with Crippen LogP contribution < -0.4 is 5.32 Å². The Morgan fingerprint density at radius 1 is 1.04 bits per heavy atom. The molecule has 110 valence electrons. The largest absolute Gasteiger partial charge is 0.450 e. The van der Waals surface area contributed by atoms with Crippen molar-refractivity contribution in [1.82, 2.24) is 9.97 Å². The van der Waals surface area contributed by atoms with E-state index in [0.717, 1.165) is 22.0 Å². The van der Waals surface area contributed by atoms with Crippen LogP contribution in [0.25, 0.3) is 22.1 Å². The second-order valence-corrected chi connectivity index (χ2v) is 5.16. The molecule has 0 fully saturated rings. The molecule has 0 bridgehead atoms. The molecule has 2 aromatic heterocycles. The molecular formula is C18H12N4O. The van der Waals surface area contributed by atoms with Gasteiger partial charge in [-0.3, -0.25) is 0 Å². The first kappa shape index (κ1) is 13.3. The van der Waals surface area contributed by atoms with Gasteiger partial charge in [-0.1, -0.05) is 24.3 Å². The van der Waals surface area contributed by atoms with Crippen LogP contribution in [0.2, 0.25) is 0 Å². The van der Waals surface area contributed by atoms with Gasteiger partial charge in [-0.2, -0.15) is 5.26 Å². The van der Waals surface area contributed by atoms with Gasteiger partial charge in [0.2, 0.25) is 0 Å². The van der Waals surface area contributed by atoms with Crippen molar-refractivity contribution in [3.8, 4) is 6.07 Å². The Balaban J connectivity index is 1.67. The summed E-state index contributed by atoms with van der Waals surface area (Å²) in [4.78, 5) is 8.61. The SMILES string of the molecule is N#Cc1ccc(CNc2ncnc3c2oc2ccccc23)cc1. The summed E-state index contributed by atoms with van der Waals surface area (Å²) in [6, 6.07) is 17.3. The molecule has 5 heteroatoms. The molecule has 5 nitrogen and oxygen atoms in total.